The lowest BCUT2D eigenvalue weighted by Crippen LogP contribution is -2.42. The molecule has 0 radical (unpaired) electrons. The number of hydrogen-bond donors (Lipinski definition) is 3. The average Bonchev–Trinajstić information content (AvgIpc) is 2.70. The Bertz CT molecular complexity index is 559. The minimum atomic E-state index is -0.703. The van der Waals surface area contributed by atoms with Crippen molar-refractivity contribution in [2.24, 2.45) is 0 Å². The Morgan fingerprint density at radius 3 is 1.59 bits per heavy atom. The maximum atomic E-state index is 10.3. The molecule has 0 aliphatic rings. The first kappa shape index (κ1) is 21.2. The van der Waals surface area contributed by atoms with Crippen LogP contribution in [-0.4, -0.2) is 71.9 Å². The first-order valence-electron chi connectivity index (χ1n) is 9.22. The van der Waals surface area contributed by atoms with Crippen LogP contribution >= 0.6 is 0 Å². The maximum absolute atomic E-state index is 10.3. The summed E-state index contributed by atoms with van der Waals surface area (Å²) in [5.74, 6) is 1.41. The Labute approximate surface area is 160 Å². The molecule has 2 rings (SSSR count). The van der Waals surface area contributed by atoms with E-state index in [-0.39, 0.29) is 19.8 Å². The van der Waals surface area contributed by atoms with Crippen LogP contribution in [0.5, 0.6) is 11.5 Å². The number of benzene rings is 2. The molecule has 6 nitrogen and oxygen atoms in total. The van der Waals surface area contributed by atoms with Gasteiger partial charge in [-0.25, -0.2) is 0 Å². The maximum Gasteiger partial charge on any atom is 0.119 e. The van der Waals surface area contributed by atoms with Crippen molar-refractivity contribution in [3.8, 4) is 11.5 Å². The molecule has 27 heavy (non-hydrogen) atoms. The van der Waals surface area contributed by atoms with Gasteiger partial charge in [-0.05, 0) is 30.7 Å². The molecule has 2 aromatic carbocycles. The summed E-state index contributed by atoms with van der Waals surface area (Å²) < 4.78 is 11.1. The molecular weight excluding hydrogens is 346 g/mol. The third-order valence-electron chi connectivity index (χ3n) is 3.94. The van der Waals surface area contributed by atoms with E-state index in [0.29, 0.717) is 37.6 Å². The van der Waals surface area contributed by atoms with Gasteiger partial charge in [-0.3, -0.25) is 4.90 Å². The van der Waals surface area contributed by atoms with Crippen LogP contribution in [-0.2, 0) is 0 Å². The molecular formula is C21H29NO5. The second-order valence-electron chi connectivity index (χ2n) is 6.39. The van der Waals surface area contributed by atoms with Crippen LogP contribution < -0.4 is 9.47 Å². The highest BCUT2D eigenvalue weighted by molar-refractivity contribution is 5.21. The molecule has 0 aromatic heterocycles. The van der Waals surface area contributed by atoms with Crippen LogP contribution in [0.25, 0.3) is 0 Å². The highest BCUT2D eigenvalue weighted by atomic mass is 16.5. The van der Waals surface area contributed by atoms with E-state index in [4.69, 9.17) is 14.6 Å². The van der Waals surface area contributed by atoms with Crippen LogP contribution in [0.4, 0.5) is 0 Å². The summed E-state index contributed by atoms with van der Waals surface area (Å²) in [7, 11) is 0. The summed E-state index contributed by atoms with van der Waals surface area (Å²) >= 11 is 0. The number of aliphatic hydroxyl groups excluding tert-OH is 3. The monoisotopic (exact) mass is 375 g/mol. The van der Waals surface area contributed by atoms with Crippen molar-refractivity contribution in [3.05, 3.63) is 60.7 Å². The van der Waals surface area contributed by atoms with Gasteiger partial charge in [0.15, 0.2) is 0 Å². The molecule has 2 atom stereocenters. The molecule has 0 aliphatic carbocycles. The standard InChI is InChI=1S/C21H29NO5/c23-13-7-12-22(14-18(24)16-26-20-8-3-1-4-9-20)15-19(25)17-27-21-10-5-2-6-11-21/h1-6,8-11,18-19,23-25H,7,12-17H2. The minimum Gasteiger partial charge on any atom is -0.491 e. The van der Waals surface area contributed by atoms with E-state index < -0.39 is 12.2 Å². The minimum absolute atomic E-state index is 0.0592. The summed E-state index contributed by atoms with van der Waals surface area (Å²) in [6.45, 7) is 1.64. The smallest absolute Gasteiger partial charge is 0.119 e. The van der Waals surface area contributed by atoms with Crippen LogP contribution in [0.1, 0.15) is 6.42 Å². The number of para-hydroxylation sites is 2. The molecule has 0 heterocycles. The quantitative estimate of drug-likeness (QED) is 0.493. The first-order valence-corrected chi connectivity index (χ1v) is 9.22. The molecule has 0 bridgehead atoms. The van der Waals surface area contributed by atoms with Gasteiger partial charge in [-0.1, -0.05) is 36.4 Å². The Balaban J connectivity index is 1.76. The van der Waals surface area contributed by atoms with Gasteiger partial charge in [0, 0.05) is 26.2 Å². The number of rotatable bonds is 13. The molecule has 0 spiro atoms. The Morgan fingerprint density at radius 2 is 1.19 bits per heavy atom. The van der Waals surface area contributed by atoms with Gasteiger partial charge in [0.2, 0.25) is 0 Å². The number of hydrogen-bond acceptors (Lipinski definition) is 6. The van der Waals surface area contributed by atoms with Gasteiger partial charge in [-0.2, -0.15) is 0 Å². The second-order valence-corrected chi connectivity index (χ2v) is 6.39. The first-order chi connectivity index (χ1) is 13.2. The zero-order chi connectivity index (χ0) is 19.3. The molecule has 148 valence electrons. The van der Waals surface area contributed by atoms with Crippen molar-refractivity contribution in [3.63, 3.8) is 0 Å². The largest absolute Gasteiger partial charge is 0.491 e. The van der Waals surface area contributed by atoms with E-state index in [9.17, 15) is 10.2 Å². The van der Waals surface area contributed by atoms with Crippen LogP contribution in [0.15, 0.2) is 60.7 Å². The molecule has 3 N–H and O–H groups in total. The Hall–Kier alpha value is -2.12. The third kappa shape index (κ3) is 8.88. The second kappa shape index (κ2) is 12.3. The van der Waals surface area contributed by atoms with Crippen LogP contribution in [0.2, 0.25) is 0 Å². The highest BCUT2D eigenvalue weighted by Crippen LogP contribution is 2.10. The fourth-order valence-corrected chi connectivity index (χ4v) is 2.67. The van der Waals surface area contributed by atoms with Gasteiger partial charge in [0.1, 0.15) is 36.9 Å². The predicted octanol–water partition coefficient (Wildman–Crippen LogP) is 1.55. The molecule has 2 unspecified atom stereocenters. The van der Waals surface area contributed by atoms with Crippen molar-refractivity contribution in [1.29, 1.82) is 0 Å². The number of nitrogens with zero attached hydrogens (tertiary/aromatic N) is 1. The van der Waals surface area contributed by atoms with Crippen molar-refractivity contribution in [1.82, 2.24) is 4.90 Å². The van der Waals surface area contributed by atoms with Crippen molar-refractivity contribution in [2.45, 2.75) is 18.6 Å². The zero-order valence-corrected chi connectivity index (χ0v) is 15.5. The van der Waals surface area contributed by atoms with Gasteiger partial charge >= 0.3 is 0 Å². The molecule has 2 aromatic rings. The summed E-state index contributed by atoms with van der Waals surface area (Å²) in [6.07, 6.45) is -0.837. The molecule has 0 fully saturated rings. The van der Waals surface area contributed by atoms with Crippen LogP contribution in [0.3, 0.4) is 0 Å². The molecule has 0 amide bonds. The van der Waals surface area contributed by atoms with Gasteiger partial charge in [0.25, 0.3) is 0 Å². The zero-order valence-electron chi connectivity index (χ0n) is 15.5. The fraction of sp³-hybridized carbons (Fsp3) is 0.429. The van der Waals surface area contributed by atoms with Gasteiger partial charge in [0.05, 0.1) is 0 Å². The summed E-state index contributed by atoms with van der Waals surface area (Å²) in [6, 6.07) is 18.6. The number of ether oxygens (including phenoxy) is 2. The topological polar surface area (TPSA) is 82.4 Å². The number of aliphatic hydroxyl groups is 3. The van der Waals surface area contributed by atoms with Gasteiger partial charge < -0.3 is 24.8 Å². The summed E-state index contributed by atoms with van der Waals surface area (Å²) in [4.78, 5) is 1.91. The summed E-state index contributed by atoms with van der Waals surface area (Å²) in [5.41, 5.74) is 0. The Kier molecular flexibility index (Phi) is 9.65. The van der Waals surface area contributed by atoms with Crippen LogP contribution in [0, 0.1) is 0 Å². The van der Waals surface area contributed by atoms with E-state index in [0.717, 1.165) is 0 Å². The lowest BCUT2D eigenvalue weighted by Gasteiger charge is -2.27. The Morgan fingerprint density at radius 1 is 0.741 bits per heavy atom. The van der Waals surface area contributed by atoms with E-state index in [1.54, 1.807) is 0 Å². The normalized spacial score (nSPS) is 13.3. The highest BCUT2D eigenvalue weighted by Gasteiger charge is 2.16. The van der Waals surface area contributed by atoms with E-state index in [1.807, 2.05) is 65.6 Å². The summed E-state index contributed by atoms with van der Waals surface area (Å²) in [5, 5.41) is 29.6. The van der Waals surface area contributed by atoms with E-state index in [1.165, 1.54) is 0 Å². The molecule has 0 saturated heterocycles. The lowest BCUT2D eigenvalue weighted by molar-refractivity contribution is 0.0293. The average molecular weight is 375 g/mol. The fourth-order valence-electron chi connectivity index (χ4n) is 2.67. The lowest BCUT2D eigenvalue weighted by atomic mass is 10.2. The molecule has 0 saturated carbocycles. The van der Waals surface area contributed by atoms with E-state index in [2.05, 4.69) is 0 Å². The molecule has 0 aliphatic heterocycles. The molecule has 6 heteroatoms. The van der Waals surface area contributed by atoms with Crippen molar-refractivity contribution in [2.75, 3.05) is 39.5 Å². The van der Waals surface area contributed by atoms with Gasteiger partial charge in [-0.15, -0.1) is 0 Å². The predicted molar refractivity (Wildman–Crippen MR) is 104 cm³/mol. The van der Waals surface area contributed by atoms with Crippen molar-refractivity contribution >= 4 is 0 Å². The van der Waals surface area contributed by atoms with E-state index >= 15 is 0 Å². The van der Waals surface area contributed by atoms with Crippen molar-refractivity contribution < 1.29 is 24.8 Å². The SMILES string of the molecule is OCCCN(CC(O)COc1ccccc1)CC(O)COc1ccccc1. The third-order valence-corrected chi connectivity index (χ3v) is 3.94.